The molecule has 142 valence electrons. The van der Waals surface area contributed by atoms with Crippen molar-refractivity contribution in [1.82, 2.24) is 4.72 Å². The first-order chi connectivity index (χ1) is 13.0. The lowest BCUT2D eigenvalue weighted by molar-refractivity contribution is 0.101. The van der Waals surface area contributed by atoms with Gasteiger partial charge in [0.2, 0.25) is 15.8 Å². The molecular weight excluding hydrogens is 386 g/mol. The van der Waals surface area contributed by atoms with E-state index in [1.54, 1.807) is 43.5 Å². The number of thiophene rings is 1. The van der Waals surface area contributed by atoms with Crippen LogP contribution < -0.4 is 9.46 Å². The Labute approximate surface area is 161 Å². The largest absolute Gasteiger partial charge is 0.497 e. The fourth-order valence-electron chi connectivity index (χ4n) is 2.42. The quantitative estimate of drug-likeness (QED) is 0.553. The first-order valence-electron chi connectivity index (χ1n) is 8.24. The SMILES string of the molecule is COc1ccc(CCS(=O)(=O)NCc2ccc(C(=O)c3ccco3)s2)cc1. The molecule has 0 aliphatic carbocycles. The fraction of sp³-hybridized carbons (Fsp3) is 0.211. The fourth-order valence-corrected chi connectivity index (χ4v) is 4.43. The first kappa shape index (κ1) is 19.3. The highest BCUT2D eigenvalue weighted by molar-refractivity contribution is 7.89. The second-order valence-electron chi connectivity index (χ2n) is 5.81. The molecule has 0 fully saturated rings. The van der Waals surface area contributed by atoms with Gasteiger partial charge in [-0.3, -0.25) is 4.79 Å². The maximum absolute atomic E-state index is 12.2. The summed E-state index contributed by atoms with van der Waals surface area (Å²) in [5, 5.41) is 0. The lowest BCUT2D eigenvalue weighted by atomic mass is 10.2. The predicted octanol–water partition coefficient (Wildman–Crippen LogP) is 3.24. The Kier molecular flexibility index (Phi) is 6.10. The minimum Gasteiger partial charge on any atom is -0.497 e. The number of sulfonamides is 1. The third kappa shape index (κ3) is 5.29. The van der Waals surface area contributed by atoms with Gasteiger partial charge in [0.15, 0.2) is 5.76 Å². The van der Waals surface area contributed by atoms with Crippen molar-refractivity contribution in [3.63, 3.8) is 0 Å². The molecule has 0 spiro atoms. The molecule has 0 aliphatic rings. The topological polar surface area (TPSA) is 85.6 Å². The van der Waals surface area contributed by atoms with E-state index in [0.29, 0.717) is 11.3 Å². The van der Waals surface area contributed by atoms with Crippen molar-refractivity contribution in [2.75, 3.05) is 12.9 Å². The van der Waals surface area contributed by atoms with Gasteiger partial charge >= 0.3 is 0 Å². The summed E-state index contributed by atoms with van der Waals surface area (Å²) in [5.41, 5.74) is 0.920. The predicted molar refractivity (Wildman–Crippen MR) is 104 cm³/mol. The molecule has 3 aromatic rings. The molecule has 0 unspecified atom stereocenters. The Bertz CT molecular complexity index is 989. The van der Waals surface area contributed by atoms with Crippen LogP contribution >= 0.6 is 11.3 Å². The second-order valence-corrected chi connectivity index (χ2v) is 8.91. The molecule has 0 saturated heterocycles. The number of methoxy groups -OCH3 is 1. The molecule has 2 heterocycles. The smallest absolute Gasteiger partial charge is 0.238 e. The average Bonchev–Trinajstić information content (AvgIpc) is 3.37. The summed E-state index contributed by atoms with van der Waals surface area (Å²) in [6.45, 7) is 0.154. The van der Waals surface area contributed by atoms with Crippen LogP contribution in [0.15, 0.2) is 59.2 Å². The molecule has 6 nitrogen and oxygen atoms in total. The van der Waals surface area contributed by atoms with Crippen molar-refractivity contribution in [2.24, 2.45) is 0 Å². The molecule has 8 heteroatoms. The molecule has 2 aromatic heterocycles. The van der Waals surface area contributed by atoms with Crippen LogP contribution in [0.1, 0.15) is 25.9 Å². The zero-order valence-electron chi connectivity index (χ0n) is 14.7. The van der Waals surface area contributed by atoms with Crippen molar-refractivity contribution in [3.05, 3.63) is 75.9 Å². The monoisotopic (exact) mass is 405 g/mol. The molecule has 0 atom stereocenters. The summed E-state index contributed by atoms with van der Waals surface area (Å²) in [4.78, 5) is 13.5. The van der Waals surface area contributed by atoms with Gasteiger partial charge in [0.05, 0.1) is 24.0 Å². The summed E-state index contributed by atoms with van der Waals surface area (Å²) >= 11 is 1.25. The van der Waals surface area contributed by atoms with Crippen LogP contribution in [0.2, 0.25) is 0 Å². The third-order valence-electron chi connectivity index (χ3n) is 3.92. The van der Waals surface area contributed by atoms with E-state index in [9.17, 15) is 13.2 Å². The number of furan rings is 1. The van der Waals surface area contributed by atoms with Gasteiger partial charge in [-0.15, -0.1) is 11.3 Å². The van der Waals surface area contributed by atoms with Gasteiger partial charge in [-0.05, 0) is 48.4 Å². The Hall–Kier alpha value is -2.42. The Morgan fingerprint density at radius 1 is 1.15 bits per heavy atom. The van der Waals surface area contributed by atoms with Gasteiger partial charge in [-0.2, -0.15) is 0 Å². The van der Waals surface area contributed by atoms with Crippen molar-refractivity contribution in [2.45, 2.75) is 13.0 Å². The van der Waals surface area contributed by atoms with Crippen molar-refractivity contribution < 1.29 is 22.4 Å². The van der Waals surface area contributed by atoms with Crippen molar-refractivity contribution in [1.29, 1.82) is 0 Å². The summed E-state index contributed by atoms with van der Waals surface area (Å²) in [7, 11) is -1.84. The molecule has 3 rings (SSSR count). The molecule has 1 N–H and O–H groups in total. The molecule has 0 amide bonds. The number of hydrogen-bond acceptors (Lipinski definition) is 6. The van der Waals surface area contributed by atoms with Gasteiger partial charge in [0.1, 0.15) is 5.75 Å². The molecule has 0 bridgehead atoms. The van der Waals surface area contributed by atoms with Crippen LogP contribution in [0.4, 0.5) is 0 Å². The summed E-state index contributed by atoms with van der Waals surface area (Å²) in [6.07, 6.45) is 1.85. The van der Waals surface area contributed by atoms with Crippen LogP contribution in [0.25, 0.3) is 0 Å². The number of benzene rings is 1. The number of ether oxygens (including phenoxy) is 1. The second kappa shape index (κ2) is 8.51. The maximum Gasteiger partial charge on any atom is 0.238 e. The van der Waals surface area contributed by atoms with Crippen molar-refractivity contribution in [3.8, 4) is 5.75 Å². The van der Waals surface area contributed by atoms with E-state index in [1.807, 2.05) is 12.1 Å². The van der Waals surface area contributed by atoms with E-state index in [2.05, 4.69) is 4.72 Å². The molecule has 27 heavy (non-hydrogen) atoms. The number of ketones is 1. The highest BCUT2D eigenvalue weighted by Gasteiger charge is 2.16. The number of nitrogens with one attached hydrogen (secondary N) is 1. The van der Waals surface area contributed by atoms with E-state index in [0.717, 1.165) is 16.2 Å². The number of rotatable bonds is 9. The van der Waals surface area contributed by atoms with Crippen LogP contribution in [0, 0.1) is 0 Å². The highest BCUT2D eigenvalue weighted by Crippen LogP contribution is 2.20. The van der Waals surface area contributed by atoms with Crippen LogP contribution in [0.3, 0.4) is 0 Å². The van der Waals surface area contributed by atoms with E-state index in [-0.39, 0.29) is 23.8 Å². The minimum atomic E-state index is -3.43. The molecule has 0 aliphatic heterocycles. The zero-order chi connectivity index (χ0) is 19.3. The molecule has 1 aromatic carbocycles. The van der Waals surface area contributed by atoms with Crippen LogP contribution in [-0.4, -0.2) is 27.1 Å². The number of carbonyl (C=O) groups is 1. The summed E-state index contributed by atoms with van der Waals surface area (Å²) < 4.78 is 37.2. The standard InChI is InChI=1S/C19H19NO5S2/c1-24-15-6-4-14(5-7-15)10-12-27(22,23)20-13-16-8-9-18(26-16)19(21)17-3-2-11-25-17/h2-9,11,20H,10,12-13H2,1H3. The van der Waals surface area contributed by atoms with E-state index in [4.69, 9.17) is 9.15 Å². The lowest BCUT2D eigenvalue weighted by Gasteiger charge is -2.06. The normalized spacial score (nSPS) is 11.4. The first-order valence-corrected chi connectivity index (χ1v) is 10.7. The third-order valence-corrected chi connectivity index (χ3v) is 6.32. The highest BCUT2D eigenvalue weighted by atomic mass is 32.2. The molecular formula is C19H19NO5S2. The average molecular weight is 405 g/mol. The van der Waals surface area contributed by atoms with E-state index < -0.39 is 10.0 Å². The maximum atomic E-state index is 12.2. The lowest BCUT2D eigenvalue weighted by Crippen LogP contribution is -2.26. The zero-order valence-corrected chi connectivity index (χ0v) is 16.3. The van der Waals surface area contributed by atoms with E-state index >= 15 is 0 Å². The number of carbonyl (C=O) groups excluding carboxylic acids is 1. The van der Waals surface area contributed by atoms with Crippen molar-refractivity contribution >= 4 is 27.1 Å². The molecule has 0 radical (unpaired) electrons. The van der Waals surface area contributed by atoms with Gasteiger partial charge in [0.25, 0.3) is 0 Å². The Balaban J connectivity index is 1.53. The van der Waals surface area contributed by atoms with Gasteiger partial charge < -0.3 is 9.15 Å². The number of hydrogen-bond donors (Lipinski definition) is 1. The van der Waals surface area contributed by atoms with E-state index in [1.165, 1.54) is 17.6 Å². The number of aryl methyl sites for hydroxylation is 1. The summed E-state index contributed by atoms with van der Waals surface area (Å²) in [5.74, 6) is 0.780. The van der Waals surface area contributed by atoms with Gasteiger partial charge in [0, 0.05) is 11.4 Å². The van der Waals surface area contributed by atoms with Gasteiger partial charge in [-0.25, -0.2) is 13.1 Å². The molecule has 0 saturated carbocycles. The van der Waals surface area contributed by atoms with Crippen LogP contribution in [-0.2, 0) is 23.0 Å². The Morgan fingerprint density at radius 2 is 1.93 bits per heavy atom. The van der Waals surface area contributed by atoms with Gasteiger partial charge in [-0.1, -0.05) is 12.1 Å². The minimum absolute atomic E-state index is 0.0110. The summed E-state index contributed by atoms with van der Waals surface area (Å²) in [6, 6.07) is 14.0. The van der Waals surface area contributed by atoms with Crippen LogP contribution in [0.5, 0.6) is 5.75 Å². The Morgan fingerprint density at radius 3 is 2.59 bits per heavy atom.